The van der Waals surface area contributed by atoms with Crippen molar-refractivity contribution in [2.45, 2.75) is 50.8 Å². The van der Waals surface area contributed by atoms with Gasteiger partial charge in [0.1, 0.15) is 0 Å². The number of allylic oxidation sites excluding steroid dienone is 1. The van der Waals surface area contributed by atoms with Crippen LogP contribution in [0.25, 0.3) is 0 Å². The summed E-state index contributed by atoms with van der Waals surface area (Å²) in [5, 5.41) is 12.4. The molecule has 0 radical (unpaired) electrons. The molecular formula is C18H18F7NO2. The van der Waals surface area contributed by atoms with E-state index >= 15 is 0 Å². The molecule has 1 aromatic carbocycles. The number of rotatable bonds is 5. The first-order chi connectivity index (χ1) is 12.6. The number of alkyl halides is 7. The fraction of sp³-hybridized carbons (Fsp3) is 0.500. The van der Waals surface area contributed by atoms with E-state index in [0.717, 1.165) is 0 Å². The van der Waals surface area contributed by atoms with Crippen LogP contribution in [0.2, 0.25) is 0 Å². The Hall–Kier alpha value is -2.10. The molecule has 2 N–H and O–H groups in total. The lowest BCUT2D eigenvalue weighted by atomic mass is 9.73. The SMILES string of the molecule is CC1(C)CC(=O)C(C(O)C(F)(F)C(F)(F)C(F)(F)F)=C(Nc2ccccc2)C1. The van der Waals surface area contributed by atoms with Gasteiger partial charge in [0.15, 0.2) is 11.9 Å². The molecular weight excluding hydrogens is 395 g/mol. The number of benzene rings is 1. The van der Waals surface area contributed by atoms with Crippen LogP contribution in [0.1, 0.15) is 26.7 Å². The quantitative estimate of drug-likeness (QED) is 0.673. The van der Waals surface area contributed by atoms with E-state index in [4.69, 9.17) is 0 Å². The number of carbonyl (C=O) groups excluding carboxylic acids is 1. The molecule has 0 heterocycles. The van der Waals surface area contributed by atoms with Crippen LogP contribution in [0.15, 0.2) is 41.6 Å². The second-order valence-electron chi connectivity index (χ2n) is 7.42. The summed E-state index contributed by atoms with van der Waals surface area (Å²) in [5.41, 5.74) is -1.98. The highest BCUT2D eigenvalue weighted by Gasteiger charge is 2.76. The maximum absolute atomic E-state index is 14.0. The third-order valence-corrected chi connectivity index (χ3v) is 4.38. The summed E-state index contributed by atoms with van der Waals surface area (Å²) in [7, 11) is 0. The number of hydrogen-bond acceptors (Lipinski definition) is 3. The number of carbonyl (C=O) groups is 1. The lowest BCUT2D eigenvalue weighted by Crippen LogP contribution is -2.59. The molecule has 1 unspecified atom stereocenters. The number of nitrogens with one attached hydrogen (secondary N) is 1. The fourth-order valence-corrected chi connectivity index (χ4v) is 3.00. The number of anilines is 1. The minimum absolute atomic E-state index is 0.117. The molecule has 0 aromatic heterocycles. The van der Waals surface area contributed by atoms with Crippen LogP contribution in [0.5, 0.6) is 0 Å². The van der Waals surface area contributed by atoms with E-state index in [1.54, 1.807) is 32.0 Å². The summed E-state index contributed by atoms with van der Waals surface area (Å²) in [5.74, 6) is -13.6. The second-order valence-corrected chi connectivity index (χ2v) is 7.42. The van der Waals surface area contributed by atoms with E-state index in [9.17, 15) is 40.6 Å². The molecule has 28 heavy (non-hydrogen) atoms. The molecule has 0 bridgehead atoms. The molecule has 10 heteroatoms. The van der Waals surface area contributed by atoms with Gasteiger partial charge in [-0.25, -0.2) is 0 Å². The second kappa shape index (κ2) is 7.06. The fourth-order valence-electron chi connectivity index (χ4n) is 3.00. The van der Waals surface area contributed by atoms with E-state index < -0.39 is 47.3 Å². The highest BCUT2D eigenvalue weighted by Crippen LogP contribution is 2.50. The van der Waals surface area contributed by atoms with Gasteiger partial charge in [0.2, 0.25) is 0 Å². The van der Waals surface area contributed by atoms with Gasteiger partial charge in [-0.2, -0.15) is 30.7 Å². The topological polar surface area (TPSA) is 49.3 Å². The maximum Gasteiger partial charge on any atom is 0.459 e. The summed E-state index contributed by atoms with van der Waals surface area (Å²) < 4.78 is 92.1. The summed E-state index contributed by atoms with van der Waals surface area (Å²) in [6, 6.07) is 7.70. The lowest BCUT2D eigenvalue weighted by Gasteiger charge is -2.37. The van der Waals surface area contributed by atoms with Crippen molar-refractivity contribution in [1.29, 1.82) is 0 Å². The average Bonchev–Trinajstić information content (AvgIpc) is 2.52. The lowest BCUT2D eigenvalue weighted by molar-refractivity contribution is -0.367. The van der Waals surface area contributed by atoms with E-state index in [1.807, 2.05) is 0 Å². The number of para-hydroxylation sites is 1. The van der Waals surface area contributed by atoms with Crippen molar-refractivity contribution >= 4 is 11.5 Å². The van der Waals surface area contributed by atoms with E-state index in [1.165, 1.54) is 12.1 Å². The number of Topliss-reactive ketones (excluding diaryl/α,β-unsaturated/α-hetero) is 1. The molecule has 0 aliphatic heterocycles. The molecule has 1 atom stereocenters. The van der Waals surface area contributed by atoms with Crippen LogP contribution < -0.4 is 5.32 Å². The highest BCUT2D eigenvalue weighted by atomic mass is 19.4. The van der Waals surface area contributed by atoms with Gasteiger partial charge in [0.05, 0.1) is 0 Å². The number of aliphatic hydroxyl groups excluding tert-OH is 1. The molecule has 0 saturated carbocycles. The molecule has 1 aliphatic rings. The zero-order chi connectivity index (χ0) is 21.5. The first-order valence-corrected chi connectivity index (χ1v) is 8.19. The van der Waals surface area contributed by atoms with Crippen LogP contribution in [-0.4, -0.2) is 35.0 Å². The normalized spacial score (nSPS) is 19.6. The van der Waals surface area contributed by atoms with E-state index in [-0.39, 0.29) is 12.1 Å². The third kappa shape index (κ3) is 4.01. The molecule has 0 fully saturated rings. The average molecular weight is 413 g/mol. The van der Waals surface area contributed by atoms with Gasteiger partial charge in [-0.15, -0.1) is 0 Å². The first-order valence-electron chi connectivity index (χ1n) is 8.19. The van der Waals surface area contributed by atoms with Gasteiger partial charge >= 0.3 is 18.0 Å². The first kappa shape index (κ1) is 22.2. The van der Waals surface area contributed by atoms with Gasteiger partial charge < -0.3 is 10.4 Å². The maximum atomic E-state index is 14.0. The van der Waals surface area contributed by atoms with Crippen LogP contribution in [-0.2, 0) is 4.79 Å². The Morgan fingerprint density at radius 2 is 1.54 bits per heavy atom. The summed E-state index contributed by atoms with van der Waals surface area (Å²) >= 11 is 0. The standard InChI is InChI=1S/C18H18F7NO2/c1-15(2)8-11(26-10-6-4-3-5-7-10)13(12(27)9-15)14(28)16(19,20)17(21,22)18(23,24)25/h3-7,14,26,28H,8-9H2,1-2H3. The van der Waals surface area contributed by atoms with Crippen molar-refractivity contribution in [3.63, 3.8) is 0 Å². The smallest absolute Gasteiger partial charge is 0.382 e. The van der Waals surface area contributed by atoms with Crippen molar-refractivity contribution < 1.29 is 40.6 Å². The van der Waals surface area contributed by atoms with E-state index in [0.29, 0.717) is 5.69 Å². The van der Waals surface area contributed by atoms with Crippen LogP contribution in [0.4, 0.5) is 36.4 Å². The number of halogens is 7. The van der Waals surface area contributed by atoms with Gasteiger partial charge in [0, 0.05) is 23.4 Å². The largest absolute Gasteiger partial charge is 0.459 e. The minimum Gasteiger partial charge on any atom is -0.382 e. The molecule has 3 nitrogen and oxygen atoms in total. The van der Waals surface area contributed by atoms with Crippen molar-refractivity contribution in [1.82, 2.24) is 0 Å². The van der Waals surface area contributed by atoms with Gasteiger partial charge in [0.25, 0.3) is 0 Å². The molecule has 0 spiro atoms. The van der Waals surface area contributed by atoms with E-state index in [2.05, 4.69) is 5.32 Å². The third-order valence-electron chi connectivity index (χ3n) is 4.38. The Kier molecular flexibility index (Phi) is 5.59. The Bertz CT molecular complexity index is 770. The number of aliphatic hydroxyl groups is 1. The Balaban J connectivity index is 2.56. The zero-order valence-electron chi connectivity index (χ0n) is 14.9. The van der Waals surface area contributed by atoms with Crippen LogP contribution >= 0.6 is 0 Å². The minimum atomic E-state index is -6.61. The monoisotopic (exact) mass is 413 g/mol. The molecule has 156 valence electrons. The predicted octanol–water partition coefficient (Wildman–Crippen LogP) is 4.94. The summed E-state index contributed by atoms with van der Waals surface area (Å²) in [6.07, 6.45) is -10.8. The van der Waals surface area contributed by atoms with Gasteiger partial charge in [-0.3, -0.25) is 4.79 Å². The van der Waals surface area contributed by atoms with Crippen LogP contribution in [0, 0.1) is 5.41 Å². The molecule has 0 amide bonds. The van der Waals surface area contributed by atoms with Crippen molar-refractivity contribution in [2.24, 2.45) is 5.41 Å². The van der Waals surface area contributed by atoms with Gasteiger partial charge in [-0.1, -0.05) is 32.0 Å². The van der Waals surface area contributed by atoms with Crippen molar-refractivity contribution in [2.75, 3.05) is 5.32 Å². The number of hydrogen-bond donors (Lipinski definition) is 2. The molecule has 2 rings (SSSR count). The molecule has 1 aromatic rings. The highest BCUT2D eigenvalue weighted by molar-refractivity contribution is 5.99. The zero-order valence-corrected chi connectivity index (χ0v) is 14.9. The van der Waals surface area contributed by atoms with Crippen molar-refractivity contribution in [3.05, 3.63) is 41.6 Å². The summed E-state index contributed by atoms with van der Waals surface area (Å²) in [4.78, 5) is 12.4. The molecule has 1 aliphatic carbocycles. The molecule has 0 saturated heterocycles. The predicted molar refractivity (Wildman–Crippen MR) is 87.1 cm³/mol. The Morgan fingerprint density at radius 3 is 2.04 bits per heavy atom. The van der Waals surface area contributed by atoms with Crippen LogP contribution in [0.3, 0.4) is 0 Å². The Morgan fingerprint density at radius 1 is 1.00 bits per heavy atom. The number of ketones is 1. The summed E-state index contributed by atoms with van der Waals surface area (Å²) in [6.45, 7) is 3.20. The Labute approximate surface area is 156 Å². The van der Waals surface area contributed by atoms with Crippen molar-refractivity contribution in [3.8, 4) is 0 Å². The van der Waals surface area contributed by atoms with Gasteiger partial charge in [-0.05, 0) is 24.0 Å².